The van der Waals surface area contributed by atoms with E-state index in [2.05, 4.69) is 15.6 Å². The third-order valence-electron chi connectivity index (χ3n) is 3.27. The van der Waals surface area contributed by atoms with Crippen LogP contribution in [0.1, 0.15) is 30.6 Å². The fraction of sp³-hybridized carbons (Fsp3) is 0.500. The maximum atomic E-state index is 13.4. The SMILES string of the molecule is CC1(C)NCCC1NC(=O)c1c(F)cncc1F. The number of carbonyl (C=O) groups excluding carboxylic acids is 1. The summed E-state index contributed by atoms with van der Waals surface area (Å²) in [4.78, 5) is 15.2. The van der Waals surface area contributed by atoms with Gasteiger partial charge in [0.15, 0.2) is 11.6 Å². The van der Waals surface area contributed by atoms with Crippen molar-refractivity contribution in [1.29, 1.82) is 0 Å². The fourth-order valence-corrected chi connectivity index (χ4v) is 2.13. The van der Waals surface area contributed by atoms with Crippen molar-refractivity contribution in [2.24, 2.45) is 0 Å². The van der Waals surface area contributed by atoms with Gasteiger partial charge in [-0.05, 0) is 26.8 Å². The first-order chi connectivity index (χ1) is 8.42. The number of rotatable bonds is 2. The van der Waals surface area contributed by atoms with Crippen molar-refractivity contribution in [2.75, 3.05) is 6.54 Å². The van der Waals surface area contributed by atoms with Gasteiger partial charge < -0.3 is 10.6 Å². The predicted molar refractivity (Wildman–Crippen MR) is 62.1 cm³/mol. The quantitative estimate of drug-likeness (QED) is 0.835. The number of hydrogen-bond acceptors (Lipinski definition) is 3. The number of aromatic nitrogens is 1. The molecule has 1 saturated heterocycles. The minimum absolute atomic E-state index is 0.156. The lowest BCUT2D eigenvalue weighted by Crippen LogP contribution is -2.50. The molecular formula is C12H15F2N3O. The van der Waals surface area contributed by atoms with E-state index >= 15 is 0 Å². The predicted octanol–water partition coefficient (Wildman–Crippen LogP) is 1.23. The molecule has 2 N–H and O–H groups in total. The van der Waals surface area contributed by atoms with E-state index in [1.54, 1.807) is 0 Å². The fourth-order valence-electron chi connectivity index (χ4n) is 2.13. The summed E-state index contributed by atoms with van der Waals surface area (Å²) in [7, 11) is 0. The number of nitrogens with one attached hydrogen (secondary N) is 2. The first-order valence-corrected chi connectivity index (χ1v) is 5.76. The molecule has 1 aromatic rings. The van der Waals surface area contributed by atoms with Gasteiger partial charge in [-0.25, -0.2) is 8.78 Å². The van der Waals surface area contributed by atoms with Crippen LogP contribution in [0.4, 0.5) is 8.78 Å². The molecule has 0 aromatic carbocycles. The zero-order valence-corrected chi connectivity index (χ0v) is 10.3. The average molecular weight is 255 g/mol. The van der Waals surface area contributed by atoms with E-state index in [1.807, 2.05) is 13.8 Å². The summed E-state index contributed by atoms with van der Waals surface area (Å²) in [5, 5.41) is 5.88. The summed E-state index contributed by atoms with van der Waals surface area (Å²) in [6.07, 6.45) is 2.39. The van der Waals surface area contributed by atoms with Crippen LogP contribution in [0.15, 0.2) is 12.4 Å². The average Bonchev–Trinajstić information content (AvgIpc) is 2.58. The van der Waals surface area contributed by atoms with E-state index in [1.165, 1.54) is 0 Å². The van der Waals surface area contributed by atoms with Crippen LogP contribution in [0, 0.1) is 11.6 Å². The molecule has 2 heterocycles. The Kier molecular flexibility index (Phi) is 3.30. The maximum absolute atomic E-state index is 13.4. The minimum atomic E-state index is -0.948. The second-order valence-corrected chi connectivity index (χ2v) is 4.94. The van der Waals surface area contributed by atoms with Crippen molar-refractivity contribution >= 4 is 5.91 Å². The third-order valence-corrected chi connectivity index (χ3v) is 3.27. The monoisotopic (exact) mass is 255 g/mol. The van der Waals surface area contributed by atoms with Crippen molar-refractivity contribution in [2.45, 2.75) is 31.8 Å². The first kappa shape index (κ1) is 12.9. The van der Waals surface area contributed by atoms with Crippen LogP contribution < -0.4 is 10.6 Å². The normalized spacial score (nSPS) is 21.9. The van der Waals surface area contributed by atoms with Crippen LogP contribution in [-0.2, 0) is 0 Å². The first-order valence-electron chi connectivity index (χ1n) is 5.76. The molecule has 0 spiro atoms. The summed E-state index contributed by atoms with van der Waals surface area (Å²) in [5.74, 6) is -2.64. The highest BCUT2D eigenvalue weighted by Crippen LogP contribution is 2.19. The zero-order chi connectivity index (χ0) is 13.3. The van der Waals surface area contributed by atoms with E-state index < -0.39 is 23.1 Å². The van der Waals surface area contributed by atoms with Crippen LogP contribution in [0.2, 0.25) is 0 Å². The van der Waals surface area contributed by atoms with Gasteiger partial charge in [-0.15, -0.1) is 0 Å². The van der Waals surface area contributed by atoms with Gasteiger partial charge in [0.1, 0.15) is 5.56 Å². The molecule has 98 valence electrons. The number of carbonyl (C=O) groups is 1. The maximum Gasteiger partial charge on any atom is 0.257 e. The summed E-state index contributed by atoms with van der Waals surface area (Å²) >= 11 is 0. The number of halogens is 2. The van der Waals surface area contributed by atoms with Crippen LogP contribution in [0.3, 0.4) is 0 Å². The Morgan fingerprint density at radius 2 is 2.06 bits per heavy atom. The van der Waals surface area contributed by atoms with Gasteiger partial charge in [0.05, 0.1) is 12.4 Å². The largest absolute Gasteiger partial charge is 0.347 e. The van der Waals surface area contributed by atoms with Gasteiger partial charge in [-0.2, -0.15) is 0 Å². The van der Waals surface area contributed by atoms with Crippen LogP contribution in [0.5, 0.6) is 0 Å². The van der Waals surface area contributed by atoms with E-state index in [0.29, 0.717) is 0 Å². The Labute approximate surface area is 104 Å². The summed E-state index contributed by atoms with van der Waals surface area (Å²) in [5.41, 5.74) is -0.858. The molecule has 0 aliphatic carbocycles. The zero-order valence-electron chi connectivity index (χ0n) is 10.3. The molecule has 1 atom stereocenters. The molecule has 0 radical (unpaired) electrons. The molecule has 0 saturated carbocycles. The Balaban J connectivity index is 2.18. The van der Waals surface area contributed by atoms with Crippen molar-refractivity contribution in [3.63, 3.8) is 0 Å². The molecule has 1 aliphatic heterocycles. The van der Waals surface area contributed by atoms with E-state index in [9.17, 15) is 13.6 Å². The standard InChI is InChI=1S/C12H15F2N3O/c1-12(2)9(3-4-16-12)17-11(18)10-7(13)5-15-6-8(10)14/h5-6,9,16H,3-4H2,1-2H3,(H,17,18). The molecule has 0 bridgehead atoms. The molecule has 6 heteroatoms. The van der Waals surface area contributed by atoms with Crippen molar-refractivity contribution in [3.8, 4) is 0 Å². The highest BCUT2D eigenvalue weighted by Gasteiger charge is 2.35. The summed E-state index contributed by atoms with van der Waals surface area (Å²) in [6, 6.07) is -0.156. The Morgan fingerprint density at radius 3 is 2.56 bits per heavy atom. The Bertz CT molecular complexity index is 456. The van der Waals surface area contributed by atoms with E-state index in [-0.39, 0.29) is 11.6 Å². The second-order valence-electron chi connectivity index (χ2n) is 4.94. The van der Waals surface area contributed by atoms with Crippen molar-refractivity contribution < 1.29 is 13.6 Å². The molecule has 1 aliphatic rings. The molecule has 1 unspecified atom stereocenters. The lowest BCUT2D eigenvalue weighted by Gasteiger charge is -2.27. The van der Waals surface area contributed by atoms with E-state index in [4.69, 9.17) is 0 Å². The molecule has 4 nitrogen and oxygen atoms in total. The van der Waals surface area contributed by atoms with E-state index in [0.717, 1.165) is 25.4 Å². The number of nitrogens with zero attached hydrogens (tertiary/aromatic N) is 1. The molecule has 1 amide bonds. The minimum Gasteiger partial charge on any atom is -0.347 e. The Hall–Kier alpha value is -1.56. The van der Waals surface area contributed by atoms with Crippen molar-refractivity contribution in [3.05, 3.63) is 29.6 Å². The number of hydrogen-bond donors (Lipinski definition) is 2. The summed E-state index contributed by atoms with van der Waals surface area (Å²) < 4.78 is 26.8. The van der Waals surface area contributed by atoms with Gasteiger partial charge in [0.25, 0.3) is 5.91 Å². The van der Waals surface area contributed by atoms with Crippen molar-refractivity contribution in [1.82, 2.24) is 15.6 Å². The van der Waals surface area contributed by atoms with Gasteiger partial charge in [0, 0.05) is 11.6 Å². The molecule has 2 rings (SSSR count). The molecule has 1 aromatic heterocycles. The lowest BCUT2D eigenvalue weighted by atomic mass is 9.96. The van der Waals surface area contributed by atoms with Crippen LogP contribution >= 0.6 is 0 Å². The highest BCUT2D eigenvalue weighted by molar-refractivity contribution is 5.94. The van der Waals surface area contributed by atoms with Gasteiger partial charge >= 0.3 is 0 Å². The van der Waals surface area contributed by atoms with Gasteiger partial charge in [-0.3, -0.25) is 9.78 Å². The number of pyridine rings is 1. The topological polar surface area (TPSA) is 54.0 Å². The van der Waals surface area contributed by atoms with Crippen LogP contribution in [0.25, 0.3) is 0 Å². The van der Waals surface area contributed by atoms with Gasteiger partial charge in [-0.1, -0.05) is 0 Å². The second kappa shape index (κ2) is 4.61. The summed E-state index contributed by atoms with van der Waals surface area (Å²) in [6.45, 7) is 4.63. The third kappa shape index (κ3) is 2.33. The lowest BCUT2D eigenvalue weighted by molar-refractivity contribution is 0.0915. The molecule has 18 heavy (non-hydrogen) atoms. The Morgan fingerprint density at radius 1 is 1.44 bits per heavy atom. The van der Waals surface area contributed by atoms with Gasteiger partial charge in [0.2, 0.25) is 0 Å². The van der Waals surface area contributed by atoms with Crippen LogP contribution in [-0.4, -0.2) is 29.0 Å². The smallest absolute Gasteiger partial charge is 0.257 e. The highest BCUT2D eigenvalue weighted by atomic mass is 19.1. The number of amides is 1. The molecular weight excluding hydrogens is 240 g/mol. The molecule has 1 fully saturated rings.